The number of anilines is 1. The third-order valence-electron chi connectivity index (χ3n) is 3.98. The fraction of sp³-hybridized carbons (Fsp3) is 0.250. The number of para-hydroxylation sites is 1. The Hall–Kier alpha value is -2.52. The van der Waals surface area contributed by atoms with Crippen LogP contribution >= 0.6 is 23.4 Å². The summed E-state index contributed by atoms with van der Waals surface area (Å²) in [6.07, 6.45) is 1.91. The zero-order valence-electron chi connectivity index (χ0n) is 14.3. The summed E-state index contributed by atoms with van der Waals surface area (Å²) in [5.74, 6) is -0.358. The van der Waals surface area contributed by atoms with Gasteiger partial charge in [-0.15, -0.1) is 11.8 Å². The van der Waals surface area contributed by atoms with Gasteiger partial charge in [0.05, 0.1) is 5.69 Å². The molecule has 0 aliphatic heterocycles. The highest BCUT2D eigenvalue weighted by Crippen LogP contribution is 2.24. The topological polar surface area (TPSA) is 90.9 Å². The minimum atomic E-state index is -0.556. The molecule has 0 saturated heterocycles. The summed E-state index contributed by atoms with van der Waals surface area (Å²) >= 11 is 7.63. The number of aryl methyl sites for hydroxylation is 1. The fourth-order valence-corrected chi connectivity index (χ4v) is 3.42. The molecule has 0 unspecified atom stereocenters. The van der Waals surface area contributed by atoms with E-state index < -0.39 is 11.2 Å². The lowest BCUT2D eigenvalue weighted by atomic mass is 10.3. The minimum Gasteiger partial charge on any atom is -0.324 e. The molecule has 0 bridgehead atoms. The van der Waals surface area contributed by atoms with Crippen LogP contribution in [0.2, 0.25) is 5.28 Å². The van der Waals surface area contributed by atoms with E-state index in [1.54, 1.807) is 6.07 Å². The minimum absolute atomic E-state index is 0.0356. The maximum Gasteiger partial charge on any atom is 0.332 e. The molecule has 2 heterocycles. The van der Waals surface area contributed by atoms with Crippen LogP contribution in [0.5, 0.6) is 0 Å². The Labute approximate surface area is 157 Å². The van der Waals surface area contributed by atoms with Crippen LogP contribution in [0.3, 0.4) is 0 Å². The number of hydrogen-bond acceptors (Lipinski definition) is 5. The maximum atomic E-state index is 12.5. The Bertz CT molecular complexity index is 1130. The standard InChI is InChI=1S/C16H16ClN5O3S/c1-20-13-12(14(24)21(2)16(20)25)22(15(17)19-13)8-11(23)18-9-6-4-5-7-10(9)26-3/h4-7H,8H2,1-3H3,(H,18,23). The van der Waals surface area contributed by atoms with E-state index in [9.17, 15) is 14.4 Å². The molecule has 10 heteroatoms. The molecular formula is C16H16ClN5O3S. The van der Waals surface area contributed by atoms with Crippen molar-refractivity contribution in [1.29, 1.82) is 0 Å². The molecule has 0 atom stereocenters. The van der Waals surface area contributed by atoms with Crippen molar-refractivity contribution in [2.45, 2.75) is 11.4 Å². The molecule has 1 aromatic carbocycles. The van der Waals surface area contributed by atoms with Gasteiger partial charge in [-0.2, -0.15) is 4.98 Å². The Morgan fingerprint density at radius 3 is 2.62 bits per heavy atom. The number of aromatic nitrogens is 4. The van der Waals surface area contributed by atoms with E-state index in [0.717, 1.165) is 9.46 Å². The lowest BCUT2D eigenvalue weighted by Gasteiger charge is -2.10. The predicted octanol–water partition coefficient (Wildman–Crippen LogP) is 1.45. The van der Waals surface area contributed by atoms with E-state index in [1.165, 1.54) is 35.0 Å². The van der Waals surface area contributed by atoms with Gasteiger partial charge in [0.1, 0.15) is 6.54 Å². The number of thioether (sulfide) groups is 1. The van der Waals surface area contributed by atoms with Crippen LogP contribution in [0.1, 0.15) is 0 Å². The highest BCUT2D eigenvalue weighted by molar-refractivity contribution is 7.98. The summed E-state index contributed by atoms with van der Waals surface area (Å²) in [6.45, 7) is -0.203. The van der Waals surface area contributed by atoms with Crippen molar-refractivity contribution in [3.05, 3.63) is 50.4 Å². The van der Waals surface area contributed by atoms with Crippen molar-refractivity contribution in [2.24, 2.45) is 14.1 Å². The van der Waals surface area contributed by atoms with Crippen molar-refractivity contribution in [2.75, 3.05) is 11.6 Å². The molecule has 0 aliphatic carbocycles. The molecule has 0 saturated carbocycles. The summed E-state index contributed by atoms with van der Waals surface area (Å²) in [6, 6.07) is 7.39. The molecular weight excluding hydrogens is 378 g/mol. The van der Waals surface area contributed by atoms with Gasteiger partial charge in [-0.05, 0) is 30.0 Å². The first-order chi connectivity index (χ1) is 12.3. The molecule has 26 heavy (non-hydrogen) atoms. The second-order valence-corrected chi connectivity index (χ2v) is 6.78. The number of nitrogens with zero attached hydrogens (tertiary/aromatic N) is 4. The van der Waals surface area contributed by atoms with Crippen molar-refractivity contribution in [3.63, 3.8) is 0 Å². The molecule has 3 rings (SSSR count). The van der Waals surface area contributed by atoms with Crippen LogP contribution in [0.4, 0.5) is 5.69 Å². The molecule has 1 amide bonds. The Kier molecular flexibility index (Phi) is 4.92. The van der Waals surface area contributed by atoms with E-state index in [-0.39, 0.29) is 28.9 Å². The first-order valence-corrected chi connectivity index (χ1v) is 9.20. The highest BCUT2D eigenvalue weighted by Gasteiger charge is 2.20. The Balaban J connectivity index is 2.02. The van der Waals surface area contributed by atoms with Crippen LogP contribution in [0.15, 0.2) is 38.8 Å². The van der Waals surface area contributed by atoms with Crippen molar-refractivity contribution < 1.29 is 4.79 Å². The molecule has 0 spiro atoms. The smallest absolute Gasteiger partial charge is 0.324 e. The average molecular weight is 394 g/mol. The van der Waals surface area contributed by atoms with E-state index in [0.29, 0.717) is 5.69 Å². The number of nitrogens with one attached hydrogen (secondary N) is 1. The van der Waals surface area contributed by atoms with Gasteiger partial charge in [0.15, 0.2) is 11.2 Å². The average Bonchev–Trinajstić information content (AvgIpc) is 2.95. The lowest BCUT2D eigenvalue weighted by molar-refractivity contribution is -0.116. The molecule has 2 aromatic heterocycles. The second-order valence-electron chi connectivity index (χ2n) is 5.59. The first kappa shape index (κ1) is 18.3. The summed E-state index contributed by atoms with van der Waals surface area (Å²) in [5, 5.41) is 2.77. The molecule has 136 valence electrons. The highest BCUT2D eigenvalue weighted by atomic mass is 35.5. The summed E-state index contributed by atoms with van der Waals surface area (Å²) in [4.78, 5) is 41.9. The molecule has 1 N–H and O–H groups in total. The zero-order valence-corrected chi connectivity index (χ0v) is 15.9. The second kappa shape index (κ2) is 7.00. The van der Waals surface area contributed by atoms with Gasteiger partial charge < -0.3 is 5.32 Å². The Morgan fingerprint density at radius 1 is 1.23 bits per heavy atom. The molecule has 0 radical (unpaired) electrons. The zero-order chi connectivity index (χ0) is 19.0. The fourth-order valence-electron chi connectivity index (χ4n) is 2.65. The van der Waals surface area contributed by atoms with Crippen molar-refractivity contribution in [3.8, 4) is 0 Å². The number of benzene rings is 1. The van der Waals surface area contributed by atoms with E-state index in [2.05, 4.69) is 10.3 Å². The van der Waals surface area contributed by atoms with Gasteiger partial charge in [0.2, 0.25) is 11.2 Å². The van der Waals surface area contributed by atoms with Crippen LogP contribution < -0.4 is 16.6 Å². The van der Waals surface area contributed by atoms with Crippen LogP contribution in [0, 0.1) is 0 Å². The third kappa shape index (κ3) is 3.04. The normalized spacial score (nSPS) is 11.1. The summed E-state index contributed by atoms with van der Waals surface area (Å²) in [5.41, 5.74) is -0.152. The van der Waals surface area contributed by atoms with Gasteiger partial charge >= 0.3 is 5.69 Å². The Morgan fingerprint density at radius 2 is 1.92 bits per heavy atom. The number of imidazole rings is 1. The number of halogens is 1. The van der Waals surface area contributed by atoms with Gasteiger partial charge in [-0.25, -0.2) is 4.79 Å². The number of carbonyl (C=O) groups excluding carboxylic acids is 1. The van der Waals surface area contributed by atoms with Gasteiger partial charge in [0, 0.05) is 19.0 Å². The summed E-state index contributed by atoms with van der Waals surface area (Å²) in [7, 11) is 2.86. The van der Waals surface area contributed by atoms with Crippen LogP contribution in [-0.2, 0) is 25.4 Å². The van der Waals surface area contributed by atoms with Crippen LogP contribution in [-0.4, -0.2) is 30.8 Å². The predicted molar refractivity (Wildman–Crippen MR) is 102 cm³/mol. The molecule has 0 fully saturated rings. The SMILES string of the molecule is CSc1ccccc1NC(=O)Cn1c(Cl)nc2c1c(=O)n(C)c(=O)n2C. The molecule has 3 aromatic rings. The third-order valence-corrected chi connectivity index (χ3v) is 5.07. The number of amides is 1. The van der Waals surface area contributed by atoms with E-state index in [4.69, 9.17) is 11.6 Å². The number of hydrogen-bond donors (Lipinski definition) is 1. The lowest BCUT2D eigenvalue weighted by Crippen LogP contribution is -2.37. The van der Waals surface area contributed by atoms with E-state index >= 15 is 0 Å². The monoisotopic (exact) mass is 393 g/mol. The van der Waals surface area contributed by atoms with E-state index in [1.807, 2.05) is 24.5 Å². The largest absolute Gasteiger partial charge is 0.332 e. The number of carbonyl (C=O) groups is 1. The van der Waals surface area contributed by atoms with Gasteiger partial charge in [-0.1, -0.05) is 12.1 Å². The van der Waals surface area contributed by atoms with Gasteiger partial charge in [-0.3, -0.25) is 23.3 Å². The van der Waals surface area contributed by atoms with Crippen molar-refractivity contribution in [1.82, 2.24) is 18.7 Å². The van der Waals surface area contributed by atoms with Gasteiger partial charge in [0.25, 0.3) is 5.56 Å². The number of rotatable bonds is 4. The number of fused-ring (bicyclic) bond motifs is 1. The first-order valence-electron chi connectivity index (χ1n) is 7.59. The maximum absolute atomic E-state index is 12.5. The summed E-state index contributed by atoms with van der Waals surface area (Å²) < 4.78 is 3.48. The van der Waals surface area contributed by atoms with Crippen LogP contribution in [0.25, 0.3) is 11.2 Å². The molecule has 0 aliphatic rings. The quantitative estimate of drug-likeness (QED) is 0.535. The van der Waals surface area contributed by atoms with Crippen molar-refractivity contribution >= 4 is 46.1 Å². The molecule has 8 nitrogen and oxygen atoms in total.